The summed E-state index contributed by atoms with van der Waals surface area (Å²) in [6.45, 7) is 3.98. The Bertz CT molecular complexity index is 911. The third-order valence-electron chi connectivity index (χ3n) is 5.42. The monoisotopic (exact) mass is 381 g/mol. The van der Waals surface area contributed by atoms with Crippen molar-refractivity contribution in [3.8, 4) is 0 Å². The lowest BCUT2D eigenvalue weighted by Crippen LogP contribution is -2.44. The van der Waals surface area contributed by atoms with Gasteiger partial charge in [0.15, 0.2) is 0 Å². The normalized spacial score (nSPS) is 14.7. The Labute approximate surface area is 163 Å². The van der Waals surface area contributed by atoms with Crippen LogP contribution in [0.15, 0.2) is 36.4 Å². The molecule has 28 heavy (non-hydrogen) atoms. The molecule has 6 heteroatoms. The summed E-state index contributed by atoms with van der Waals surface area (Å²) in [7, 11) is 0. The first kappa shape index (κ1) is 19.6. The zero-order valence-electron chi connectivity index (χ0n) is 15.9. The van der Waals surface area contributed by atoms with Crippen molar-refractivity contribution in [1.29, 1.82) is 0 Å². The topological polar surface area (TPSA) is 118 Å². The van der Waals surface area contributed by atoms with E-state index in [0.717, 1.165) is 11.1 Å². The summed E-state index contributed by atoms with van der Waals surface area (Å²) >= 11 is 0. The maximum atomic E-state index is 12.9. The predicted octanol–water partition coefficient (Wildman–Crippen LogP) is 3.00. The number of carbonyl (C=O) groups excluding carboxylic acids is 1. The Hall–Kier alpha value is -3.15. The van der Waals surface area contributed by atoms with Crippen molar-refractivity contribution in [2.24, 2.45) is 11.7 Å². The van der Waals surface area contributed by atoms with Gasteiger partial charge in [-0.25, -0.2) is 9.59 Å². The number of aryl methyl sites for hydroxylation is 2. The van der Waals surface area contributed by atoms with E-state index in [1.54, 1.807) is 24.3 Å². The van der Waals surface area contributed by atoms with E-state index in [2.05, 4.69) is 0 Å². The molecule has 3 rings (SSSR count). The molecule has 2 aromatic rings. The number of primary amides is 1. The number of rotatable bonds is 5. The quantitative estimate of drug-likeness (QED) is 0.736. The first-order chi connectivity index (χ1) is 13.2. The minimum atomic E-state index is -1.14. The average molecular weight is 381 g/mol. The zero-order chi connectivity index (χ0) is 20.6. The number of nitrogens with two attached hydrogens (primary N) is 1. The van der Waals surface area contributed by atoms with Crippen molar-refractivity contribution < 1.29 is 24.6 Å². The Morgan fingerprint density at radius 2 is 1.36 bits per heavy atom. The lowest BCUT2D eigenvalue weighted by atomic mass is 9.67. The van der Waals surface area contributed by atoms with Crippen LogP contribution in [-0.4, -0.2) is 28.1 Å². The Morgan fingerprint density at radius 3 is 1.68 bits per heavy atom. The maximum absolute atomic E-state index is 12.9. The van der Waals surface area contributed by atoms with Crippen LogP contribution in [0.2, 0.25) is 0 Å². The fraction of sp³-hybridized carbons (Fsp3) is 0.318. The number of fused-ring (bicyclic) bond motifs is 2. The van der Waals surface area contributed by atoms with Crippen LogP contribution in [0, 0.1) is 5.92 Å². The van der Waals surface area contributed by atoms with Crippen molar-refractivity contribution in [2.75, 3.05) is 0 Å². The van der Waals surface area contributed by atoms with Gasteiger partial charge in [-0.15, -0.1) is 0 Å². The molecule has 1 amide bonds. The first-order valence-corrected chi connectivity index (χ1v) is 9.20. The molecule has 1 aliphatic carbocycles. The molecule has 0 aliphatic heterocycles. The van der Waals surface area contributed by atoms with Crippen LogP contribution in [0.25, 0.3) is 0 Å². The molecule has 6 nitrogen and oxygen atoms in total. The highest BCUT2D eigenvalue weighted by atomic mass is 16.4. The molecule has 4 N–H and O–H groups in total. The number of amides is 1. The minimum absolute atomic E-state index is 0.129. The van der Waals surface area contributed by atoms with Gasteiger partial charge in [-0.2, -0.15) is 0 Å². The average Bonchev–Trinajstić information content (AvgIpc) is 2.76. The molecule has 146 valence electrons. The summed E-state index contributed by atoms with van der Waals surface area (Å²) < 4.78 is 0. The smallest absolute Gasteiger partial charge is 0.335 e. The van der Waals surface area contributed by atoms with Gasteiger partial charge in [0.1, 0.15) is 0 Å². The van der Waals surface area contributed by atoms with Gasteiger partial charge in [-0.1, -0.05) is 26.0 Å². The second-order valence-electron chi connectivity index (χ2n) is 7.72. The van der Waals surface area contributed by atoms with E-state index in [-0.39, 0.29) is 17.0 Å². The lowest BCUT2D eigenvalue weighted by Gasteiger charge is -2.35. The van der Waals surface area contributed by atoms with Gasteiger partial charge in [0, 0.05) is 0 Å². The van der Waals surface area contributed by atoms with Gasteiger partial charge in [0.2, 0.25) is 5.91 Å². The van der Waals surface area contributed by atoms with E-state index < -0.39 is 23.3 Å². The molecular formula is C22H23NO5. The highest BCUT2D eigenvalue weighted by Crippen LogP contribution is 2.44. The Balaban J connectivity index is 2.35. The molecule has 2 aromatic carbocycles. The van der Waals surface area contributed by atoms with E-state index in [1.165, 1.54) is 12.1 Å². The summed E-state index contributed by atoms with van der Waals surface area (Å²) in [6.07, 6.45) is 1.44. The van der Waals surface area contributed by atoms with Crippen LogP contribution in [-0.2, 0) is 23.1 Å². The standard InChI is InChI=1S/C22H23NO5/c1-12(2)11-22(21(23)28)17-7-5-15(19(24)25)9-13(17)3-4-14-10-16(20(26)27)6-8-18(14)22/h5-10,12H,3-4,11H2,1-2H3,(H2,23,28)(H,24,25)(H,26,27). The summed E-state index contributed by atoms with van der Waals surface area (Å²) in [5.74, 6) is -2.46. The molecule has 0 spiro atoms. The van der Waals surface area contributed by atoms with E-state index in [0.29, 0.717) is 30.4 Å². The number of carboxylic acids is 2. The molecule has 0 aromatic heterocycles. The van der Waals surface area contributed by atoms with Gasteiger partial charge < -0.3 is 15.9 Å². The summed E-state index contributed by atoms with van der Waals surface area (Å²) in [5.41, 5.74) is 8.07. The van der Waals surface area contributed by atoms with Crippen LogP contribution >= 0.6 is 0 Å². The van der Waals surface area contributed by atoms with Crippen molar-refractivity contribution in [1.82, 2.24) is 0 Å². The largest absolute Gasteiger partial charge is 0.478 e. The van der Waals surface area contributed by atoms with E-state index >= 15 is 0 Å². The van der Waals surface area contributed by atoms with Gasteiger partial charge in [0.05, 0.1) is 16.5 Å². The molecule has 0 heterocycles. The predicted molar refractivity (Wildman–Crippen MR) is 104 cm³/mol. The number of hydrogen-bond acceptors (Lipinski definition) is 3. The van der Waals surface area contributed by atoms with E-state index in [1.807, 2.05) is 13.8 Å². The fourth-order valence-corrected chi connectivity index (χ4v) is 4.31. The number of benzene rings is 2. The van der Waals surface area contributed by atoms with Gasteiger partial charge >= 0.3 is 11.9 Å². The van der Waals surface area contributed by atoms with E-state index in [4.69, 9.17) is 5.73 Å². The van der Waals surface area contributed by atoms with Crippen LogP contribution in [0.3, 0.4) is 0 Å². The Morgan fingerprint density at radius 1 is 0.929 bits per heavy atom. The Kier molecular flexibility index (Phi) is 4.98. The second-order valence-corrected chi connectivity index (χ2v) is 7.72. The van der Waals surface area contributed by atoms with Crippen LogP contribution < -0.4 is 5.73 Å². The highest BCUT2D eigenvalue weighted by Gasteiger charge is 2.45. The van der Waals surface area contributed by atoms with Gasteiger partial charge in [-0.3, -0.25) is 4.79 Å². The summed E-state index contributed by atoms with van der Waals surface area (Å²) in [6, 6.07) is 9.56. The minimum Gasteiger partial charge on any atom is -0.478 e. The molecule has 0 saturated heterocycles. The summed E-state index contributed by atoms with van der Waals surface area (Å²) in [5, 5.41) is 18.7. The summed E-state index contributed by atoms with van der Waals surface area (Å²) in [4.78, 5) is 35.8. The fourth-order valence-electron chi connectivity index (χ4n) is 4.31. The maximum Gasteiger partial charge on any atom is 0.335 e. The molecule has 0 fully saturated rings. The molecule has 0 atom stereocenters. The number of aromatic carboxylic acids is 2. The number of hydrogen-bond donors (Lipinski definition) is 3. The number of carboxylic acid groups (broad SMARTS) is 2. The van der Waals surface area contributed by atoms with Crippen molar-refractivity contribution in [3.05, 3.63) is 69.8 Å². The highest BCUT2D eigenvalue weighted by molar-refractivity contribution is 5.94. The third-order valence-corrected chi connectivity index (χ3v) is 5.42. The van der Waals surface area contributed by atoms with Gasteiger partial charge in [-0.05, 0) is 71.7 Å². The third kappa shape index (κ3) is 3.15. The molecule has 1 aliphatic rings. The van der Waals surface area contributed by atoms with Gasteiger partial charge in [0.25, 0.3) is 0 Å². The van der Waals surface area contributed by atoms with Crippen LogP contribution in [0.1, 0.15) is 63.2 Å². The molecule has 0 unspecified atom stereocenters. The molecule has 0 saturated carbocycles. The van der Waals surface area contributed by atoms with Crippen LogP contribution in [0.5, 0.6) is 0 Å². The second kappa shape index (κ2) is 7.11. The number of carbonyl (C=O) groups is 3. The van der Waals surface area contributed by atoms with Crippen molar-refractivity contribution >= 4 is 17.8 Å². The van der Waals surface area contributed by atoms with E-state index in [9.17, 15) is 24.6 Å². The SMILES string of the molecule is CC(C)CC1(C(N)=O)c2ccc(C(=O)O)cc2CCc2cc(C(=O)O)ccc21. The first-order valence-electron chi connectivity index (χ1n) is 9.20. The van der Waals surface area contributed by atoms with Crippen LogP contribution in [0.4, 0.5) is 0 Å². The zero-order valence-corrected chi connectivity index (χ0v) is 15.9. The molecular weight excluding hydrogens is 358 g/mol. The molecule has 0 bridgehead atoms. The lowest BCUT2D eigenvalue weighted by molar-refractivity contribution is -0.122. The van der Waals surface area contributed by atoms with Crippen molar-refractivity contribution in [3.63, 3.8) is 0 Å². The van der Waals surface area contributed by atoms with Crippen molar-refractivity contribution in [2.45, 2.75) is 38.5 Å². The molecule has 0 radical (unpaired) electrons.